The summed E-state index contributed by atoms with van der Waals surface area (Å²) in [6.07, 6.45) is 2.89. The van der Waals surface area contributed by atoms with E-state index in [4.69, 9.17) is 4.52 Å². The highest BCUT2D eigenvalue weighted by atomic mass is 16.5. The number of fused-ring (bicyclic) bond motifs is 1. The maximum atomic E-state index is 12.0. The molecule has 4 rings (SSSR count). The Hall–Kier alpha value is -2.96. The Morgan fingerprint density at radius 2 is 2.12 bits per heavy atom. The molecule has 7 nitrogen and oxygen atoms in total. The predicted molar refractivity (Wildman–Crippen MR) is 86.8 cm³/mol. The molecule has 0 bridgehead atoms. The van der Waals surface area contributed by atoms with Crippen LogP contribution in [0.3, 0.4) is 0 Å². The second kappa shape index (κ2) is 5.92. The van der Waals surface area contributed by atoms with Crippen LogP contribution in [-0.4, -0.2) is 25.8 Å². The average Bonchev–Trinajstić information content (AvgIpc) is 3.28. The standard InChI is InChI=1S/C17H17N5O2/c1-11-9-14(24-21-11)17(23)18-13-6-4-12(5-7-13)10-16-20-19-15-3-2-8-22(15)16/h4-7,9H,2-3,8,10H2,1H3,(H,18,23). The highest BCUT2D eigenvalue weighted by Gasteiger charge is 2.17. The molecule has 0 saturated carbocycles. The van der Waals surface area contributed by atoms with Gasteiger partial charge in [0, 0.05) is 31.1 Å². The lowest BCUT2D eigenvalue weighted by atomic mass is 10.1. The van der Waals surface area contributed by atoms with Crippen LogP contribution in [0.15, 0.2) is 34.9 Å². The van der Waals surface area contributed by atoms with Gasteiger partial charge in [0.15, 0.2) is 0 Å². The summed E-state index contributed by atoms with van der Waals surface area (Å²) in [7, 11) is 0. The van der Waals surface area contributed by atoms with Gasteiger partial charge in [-0.15, -0.1) is 10.2 Å². The number of aryl methyl sites for hydroxylation is 2. The van der Waals surface area contributed by atoms with E-state index < -0.39 is 0 Å². The van der Waals surface area contributed by atoms with Crippen molar-refractivity contribution >= 4 is 11.6 Å². The second-order valence-corrected chi connectivity index (χ2v) is 5.95. The van der Waals surface area contributed by atoms with E-state index in [1.54, 1.807) is 13.0 Å². The number of hydrogen-bond acceptors (Lipinski definition) is 5. The van der Waals surface area contributed by atoms with Gasteiger partial charge in [0.2, 0.25) is 5.76 Å². The first-order valence-electron chi connectivity index (χ1n) is 7.93. The lowest BCUT2D eigenvalue weighted by Crippen LogP contribution is -2.10. The van der Waals surface area contributed by atoms with Gasteiger partial charge in [0.25, 0.3) is 5.91 Å². The van der Waals surface area contributed by atoms with Crippen molar-refractivity contribution in [1.82, 2.24) is 19.9 Å². The van der Waals surface area contributed by atoms with E-state index in [1.165, 1.54) is 0 Å². The maximum Gasteiger partial charge on any atom is 0.294 e. The monoisotopic (exact) mass is 323 g/mol. The Bertz CT molecular complexity index is 879. The first kappa shape index (κ1) is 14.6. The zero-order valence-electron chi connectivity index (χ0n) is 13.3. The van der Waals surface area contributed by atoms with Gasteiger partial charge in [-0.05, 0) is 31.0 Å². The molecule has 0 saturated heterocycles. The van der Waals surface area contributed by atoms with Crippen LogP contribution < -0.4 is 5.32 Å². The summed E-state index contributed by atoms with van der Waals surface area (Å²) in [6.45, 7) is 2.78. The number of carbonyl (C=O) groups is 1. The number of amides is 1. The minimum atomic E-state index is -0.307. The van der Waals surface area contributed by atoms with E-state index in [1.807, 2.05) is 24.3 Å². The summed E-state index contributed by atoms with van der Waals surface area (Å²) < 4.78 is 7.15. The summed E-state index contributed by atoms with van der Waals surface area (Å²) in [5.74, 6) is 1.97. The number of nitrogens with zero attached hydrogens (tertiary/aromatic N) is 4. The average molecular weight is 323 g/mol. The number of hydrogen-bond donors (Lipinski definition) is 1. The fraction of sp³-hybridized carbons (Fsp3) is 0.294. The molecule has 3 heterocycles. The van der Waals surface area contributed by atoms with Crippen LogP contribution in [0.2, 0.25) is 0 Å². The van der Waals surface area contributed by atoms with Gasteiger partial charge >= 0.3 is 0 Å². The van der Waals surface area contributed by atoms with Crippen LogP contribution in [0.25, 0.3) is 0 Å². The van der Waals surface area contributed by atoms with Gasteiger partial charge in [-0.1, -0.05) is 17.3 Å². The molecule has 0 radical (unpaired) electrons. The van der Waals surface area contributed by atoms with Crippen LogP contribution in [0.4, 0.5) is 5.69 Å². The van der Waals surface area contributed by atoms with Crippen LogP contribution in [0.5, 0.6) is 0 Å². The van der Waals surface area contributed by atoms with Crippen LogP contribution in [0.1, 0.15) is 39.9 Å². The normalized spacial score (nSPS) is 13.0. The molecule has 24 heavy (non-hydrogen) atoms. The van der Waals surface area contributed by atoms with Crippen molar-refractivity contribution in [3.8, 4) is 0 Å². The first-order valence-corrected chi connectivity index (χ1v) is 7.93. The Morgan fingerprint density at radius 1 is 1.29 bits per heavy atom. The van der Waals surface area contributed by atoms with Crippen molar-refractivity contribution in [2.75, 3.05) is 5.32 Å². The molecule has 1 aromatic carbocycles. The number of rotatable bonds is 4. The lowest BCUT2D eigenvalue weighted by molar-refractivity contribution is 0.0988. The minimum Gasteiger partial charge on any atom is -0.351 e. The molecular weight excluding hydrogens is 306 g/mol. The molecule has 1 aliphatic rings. The molecule has 1 N–H and O–H groups in total. The molecular formula is C17H17N5O2. The van der Waals surface area contributed by atoms with E-state index in [0.29, 0.717) is 11.4 Å². The molecule has 0 fully saturated rings. The van der Waals surface area contributed by atoms with E-state index in [9.17, 15) is 4.79 Å². The Morgan fingerprint density at radius 3 is 2.88 bits per heavy atom. The van der Waals surface area contributed by atoms with Gasteiger partial charge < -0.3 is 14.4 Å². The highest BCUT2D eigenvalue weighted by Crippen LogP contribution is 2.18. The number of aromatic nitrogens is 4. The van der Waals surface area contributed by atoms with Crippen LogP contribution >= 0.6 is 0 Å². The van der Waals surface area contributed by atoms with Gasteiger partial charge in [-0.2, -0.15) is 0 Å². The van der Waals surface area contributed by atoms with Gasteiger partial charge in [-0.3, -0.25) is 4.79 Å². The van der Waals surface area contributed by atoms with Gasteiger partial charge in [0.1, 0.15) is 11.6 Å². The SMILES string of the molecule is Cc1cc(C(=O)Nc2ccc(Cc3nnc4n3CCC4)cc2)on1. The Kier molecular flexibility index (Phi) is 3.60. The van der Waals surface area contributed by atoms with E-state index in [-0.39, 0.29) is 11.7 Å². The predicted octanol–water partition coefficient (Wildman–Crippen LogP) is 2.36. The third-order valence-corrected chi connectivity index (χ3v) is 4.11. The van der Waals surface area contributed by atoms with Crippen molar-refractivity contribution in [1.29, 1.82) is 0 Å². The summed E-state index contributed by atoms with van der Waals surface area (Å²) in [5, 5.41) is 15.0. The zero-order valence-corrected chi connectivity index (χ0v) is 13.3. The van der Waals surface area contributed by atoms with Crippen molar-refractivity contribution in [3.63, 3.8) is 0 Å². The number of carbonyl (C=O) groups excluding carboxylic acids is 1. The lowest BCUT2D eigenvalue weighted by Gasteiger charge is -2.06. The molecule has 0 unspecified atom stereocenters. The van der Waals surface area contributed by atoms with E-state index in [0.717, 1.165) is 43.0 Å². The van der Waals surface area contributed by atoms with E-state index in [2.05, 4.69) is 25.2 Å². The summed E-state index contributed by atoms with van der Waals surface area (Å²) >= 11 is 0. The molecule has 2 aromatic heterocycles. The van der Waals surface area contributed by atoms with Crippen molar-refractivity contribution < 1.29 is 9.32 Å². The topological polar surface area (TPSA) is 85.8 Å². The minimum absolute atomic E-state index is 0.204. The van der Waals surface area contributed by atoms with Gasteiger partial charge in [-0.25, -0.2) is 0 Å². The third-order valence-electron chi connectivity index (χ3n) is 4.11. The largest absolute Gasteiger partial charge is 0.351 e. The van der Waals surface area contributed by atoms with Crippen LogP contribution in [0, 0.1) is 6.92 Å². The zero-order chi connectivity index (χ0) is 16.5. The Balaban J connectivity index is 1.43. The number of nitrogens with one attached hydrogen (secondary N) is 1. The maximum absolute atomic E-state index is 12.0. The highest BCUT2D eigenvalue weighted by molar-refractivity contribution is 6.02. The molecule has 0 aliphatic carbocycles. The Labute approximate surface area is 138 Å². The number of benzene rings is 1. The summed E-state index contributed by atoms with van der Waals surface area (Å²) in [4.78, 5) is 12.0. The fourth-order valence-electron chi connectivity index (χ4n) is 2.89. The number of anilines is 1. The fourth-order valence-corrected chi connectivity index (χ4v) is 2.89. The molecule has 3 aromatic rings. The van der Waals surface area contributed by atoms with Crippen molar-refractivity contribution in [2.24, 2.45) is 0 Å². The van der Waals surface area contributed by atoms with E-state index >= 15 is 0 Å². The van der Waals surface area contributed by atoms with Crippen molar-refractivity contribution in [3.05, 3.63) is 59.0 Å². The molecule has 1 amide bonds. The second-order valence-electron chi connectivity index (χ2n) is 5.95. The smallest absolute Gasteiger partial charge is 0.294 e. The third kappa shape index (κ3) is 2.80. The molecule has 0 spiro atoms. The molecule has 0 atom stereocenters. The van der Waals surface area contributed by atoms with Crippen LogP contribution in [-0.2, 0) is 19.4 Å². The summed E-state index contributed by atoms with van der Waals surface area (Å²) in [6, 6.07) is 9.32. The molecule has 122 valence electrons. The quantitative estimate of drug-likeness (QED) is 0.796. The summed E-state index contributed by atoms with van der Waals surface area (Å²) in [5.41, 5.74) is 2.52. The molecule has 1 aliphatic heterocycles. The molecule has 7 heteroatoms. The van der Waals surface area contributed by atoms with Crippen molar-refractivity contribution in [2.45, 2.75) is 32.7 Å². The van der Waals surface area contributed by atoms with Gasteiger partial charge in [0.05, 0.1) is 5.69 Å². The first-order chi connectivity index (χ1) is 11.7.